The van der Waals surface area contributed by atoms with E-state index in [-0.39, 0.29) is 29.9 Å². The number of fused-ring (bicyclic) bond motifs is 1. The molecule has 1 heterocycles. The van der Waals surface area contributed by atoms with Crippen molar-refractivity contribution in [2.24, 2.45) is 0 Å². The van der Waals surface area contributed by atoms with Crippen LogP contribution in [-0.4, -0.2) is 42.3 Å². The second kappa shape index (κ2) is 10.2. The van der Waals surface area contributed by atoms with E-state index in [9.17, 15) is 18.0 Å². The number of carbonyl (C=O) groups excluding carboxylic acids is 2. The minimum Gasteiger partial charge on any atom is -0.367 e. The lowest BCUT2D eigenvalue weighted by atomic mass is 9.91. The molecule has 7 heteroatoms. The Kier molecular flexibility index (Phi) is 6.85. The first-order valence-corrected chi connectivity index (χ1v) is 13.7. The van der Waals surface area contributed by atoms with Crippen LogP contribution >= 0.6 is 0 Å². The fraction of sp³-hybridized carbons (Fsp3) is 0.241. The molecular weight excluding hydrogens is 472 g/mol. The van der Waals surface area contributed by atoms with E-state index in [0.29, 0.717) is 13.1 Å². The molecule has 0 saturated carbocycles. The van der Waals surface area contributed by atoms with Crippen LogP contribution in [-0.2, 0) is 23.1 Å². The monoisotopic (exact) mass is 500 g/mol. The van der Waals surface area contributed by atoms with Crippen molar-refractivity contribution in [3.63, 3.8) is 0 Å². The van der Waals surface area contributed by atoms with Gasteiger partial charge in [0.2, 0.25) is 21.6 Å². The topological polar surface area (TPSA) is 74.8 Å². The SMILES string of the molecule is O=C1C(N2CCCCC2)=C(S(=O)(=O)N(Cc2ccccc2)Cc2ccccc2)C(=O)c2ccccc21. The summed E-state index contributed by atoms with van der Waals surface area (Å²) in [5.74, 6) is -1.01. The molecule has 0 spiro atoms. The van der Waals surface area contributed by atoms with Crippen molar-refractivity contribution in [3.8, 4) is 0 Å². The predicted molar refractivity (Wildman–Crippen MR) is 139 cm³/mol. The van der Waals surface area contributed by atoms with Gasteiger partial charge in [-0.1, -0.05) is 84.9 Å². The van der Waals surface area contributed by atoms with Gasteiger partial charge in [0.05, 0.1) is 0 Å². The molecule has 0 unspecified atom stereocenters. The molecule has 5 rings (SSSR count). The van der Waals surface area contributed by atoms with Crippen molar-refractivity contribution in [3.05, 3.63) is 118 Å². The summed E-state index contributed by atoms with van der Waals surface area (Å²) in [6, 6.07) is 25.1. The van der Waals surface area contributed by atoms with Crippen LogP contribution < -0.4 is 0 Å². The third-order valence-electron chi connectivity index (χ3n) is 6.73. The van der Waals surface area contributed by atoms with Crippen molar-refractivity contribution >= 4 is 21.6 Å². The third-order valence-corrected chi connectivity index (χ3v) is 8.56. The molecule has 0 bridgehead atoms. The van der Waals surface area contributed by atoms with Gasteiger partial charge in [-0.05, 0) is 30.4 Å². The maximum Gasteiger partial charge on any atom is 0.249 e. The standard InChI is InChI=1S/C29H28N2O4S/c32-27-24-16-8-9-17-25(24)28(33)29(26(27)30-18-10-3-11-19-30)36(34,35)31(20-22-12-4-1-5-13-22)21-23-14-6-2-7-15-23/h1-2,4-9,12-17H,3,10-11,18-21H2. The van der Waals surface area contributed by atoms with Gasteiger partial charge in [0, 0.05) is 37.3 Å². The van der Waals surface area contributed by atoms with Crippen LogP contribution in [0.15, 0.2) is 95.5 Å². The minimum absolute atomic E-state index is 0.0181. The number of allylic oxidation sites excluding steroid dienone is 2. The van der Waals surface area contributed by atoms with Crippen molar-refractivity contribution in [2.45, 2.75) is 32.4 Å². The zero-order valence-corrected chi connectivity index (χ0v) is 20.8. The van der Waals surface area contributed by atoms with Gasteiger partial charge >= 0.3 is 0 Å². The second-order valence-corrected chi connectivity index (χ2v) is 11.0. The molecule has 0 atom stereocenters. The third kappa shape index (κ3) is 4.64. The fourth-order valence-electron chi connectivity index (χ4n) is 4.91. The summed E-state index contributed by atoms with van der Waals surface area (Å²) in [5, 5.41) is 0. The Bertz CT molecular complexity index is 1370. The van der Waals surface area contributed by atoms with Crippen LogP contribution in [0.25, 0.3) is 0 Å². The zero-order valence-electron chi connectivity index (χ0n) is 20.0. The maximum atomic E-state index is 14.4. The number of hydrogen-bond donors (Lipinski definition) is 0. The van der Waals surface area contributed by atoms with Crippen LogP contribution in [0.3, 0.4) is 0 Å². The van der Waals surface area contributed by atoms with E-state index in [2.05, 4.69) is 0 Å². The highest BCUT2D eigenvalue weighted by atomic mass is 32.2. The molecule has 0 radical (unpaired) electrons. The molecule has 36 heavy (non-hydrogen) atoms. The Labute approximate surface area is 211 Å². The van der Waals surface area contributed by atoms with Gasteiger partial charge in [0.25, 0.3) is 0 Å². The Morgan fingerprint density at radius 1 is 0.639 bits per heavy atom. The molecule has 6 nitrogen and oxygen atoms in total. The molecule has 3 aromatic rings. The Morgan fingerprint density at radius 3 is 1.64 bits per heavy atom. The number of nitrogens with zero attached hydrogens (tertiary/aromatic N) is 2. The molecule has 0 amide bonds. The van der Waals surface area contributed by atoms with Gasteiger partial charge in [-0.2, -0.15) is 4.31 Å². The first-order valence-electron chi connectivity index (χ1n) is 12.2. The normalized spacial score (nSPS) is 16.4. The summed E-state index contributed by atoms with van der Waals surface area (Å²) in [4.78, 5) is 29.0. The summed E-state index contributed by atoms with van der Waals surface area (Å²) in [6.07, 6.45) is 2.70. The molecule has 184 valence electrons. The van der Waals surface area contributed by atoms with E-state index in [1.54, 1.807) is 23.1 Å². The molecule has 3 aromatic carbocycles. The lowest BCUT2D eigenvalue weighted by molar-refractivity contribution is 0.0939. The number of likely N-dealkylation sites (tertiary alicyclic amines) is 1. The van der Waals surface area contributed by atoms with Crippen molar-refractivity contribution in [1.82, 2.24) is 9.21 Å². The number of ketones is 2. The smallest absolute Gasteiger partial charge is 0.249 e. The largest absolute Gasteiger partial charge is 0.367 e. The number of hydrogen-bond acceptors (Lipinski definition) is 5. The van der Waals surface area contributed by atoms with Crippen LogP contribution in [0.2, 0.25) is 0 Å². The molecular formula is C29H28N2O4S. The highest BCUT2D eigenvalue weighted by molar-refractivity contribution is 7.94. The summed E-state index contributed by atoms with van der Waals surface area (Å²) in [6.45, 7) is 1.26. The van der Waals surface area contributed by atoms with E-state index >= 15 is 0 Å². The van der Waals surface area contributed by atoms with Crippen LogP contribution in [0.4, 0.5) is 0 Å². The molecule has 1 fully saturated rings. The maximum absolute atomic E-state index is 14.4. The van der Waals surface area contributed by atoms with Crippen LogP contribution in [0.1, 0.15) is 51.1 Å². The average Bonchev–Trinajstić information content (AvgIpc) is 2.92. The molecule has 2 aliphatic rings. The zero-order chi connectivity index (χ0) is 25.1. The number of sulfonamides is 1. The lowest BCUT2D eigenvalue weighted by Crippen LogP contribution is -2.42. The number of Topliss-reactive ketones (excluding diaryl/α,β-unsaturated/α-hetero) is 2. The van der Waals surface area contributed by atoms with Gasteiger partial charge in [-0.25, -0.2) is 8.42 Å². The van der Waals surface area contributed by atoms with Crippen molar-refractivity contribution < 1.29 is 18.0 Å². The highest BCUT2D eigenvalue weighted by Gasteiger charge is 2.43. The molecule has 1 aliphatic heterocycles. The average molecular weight is 501 g/mol. The van der Waals surface area contributed by atoms with E-state index in [4.69, 9.17) is 0 Å². The summed E-state index contributed by atoms with van der Waals surface area (Å²) in [5.41, 5.74) is 2.02. The number of rotatable bonds is 7. The van der Waals surface area contributed by atoms with Crippen molar-refractivity contribution in [2.75, 3.05) is 13.1 Å². The number of piperidine rings is 1. The first kappa shape index (κ1) is 24.2. The van der Waals surface area contributed by atoms with Crippen LogP contribution in [0.5, 0.6) is 0 Å². The number of benzene rings is 3. The molecule has 0 aromatic heterocycles. The predicted octanol–water partition coefficient (Wildman–Crippen LogP) is 4.80. The Balaban J connectivity index is 1.66. The van der Waals surface area contributed by atoms with E-state index in [0.717, 1.165) is 30.4 Å². The summed E-state index contributed by atoms with van der Waals surface area (Å²) in [7, 11) is -4.34. The minimum atomic E-state index is -4.34. The Hall–Kier alpha value is -3.55. The van der Waals surface area contributed by atoms with Gasteiger partial charge in [-0.3, -0.25) is 9.59 Å². The molecule has 0 N–H and O–H groups in total. The van der Waals surface area contributed by atoms with E-state index in [1.165, 1.54) is 10.4 Å². The Morgan fingerprint density at radius 2 is 1.11 bits per heavy atom. The summed E-state index contributed by atoms with van der Waals surface area (Å²) >= 11 is 0. The van der Waals surface area contributed by atoms with Crippen molar-refractivity contribution in [1.29, 1.82) is 0 Å². The molecule has 1 saturated heterocycles. The van der Waals surface area contributed by atoms with Gasteiger partial charge in [0.15, 0.2) is 4.91 Å². The van der Waals surface area contributed by atoms with E-state index < -0.39 is 26.5 Å². The van der Waals surface area contributed by atoms with Gasteiger partial charge in [0.1, 0.15) is 5.70 Å². The fourth-order valence-corrected chi connectivity index (χ4v) is 6.62. The van der Waals surface area contributed by atoms with Gasteiger partial charge in [-0.15, -0.1) is 0 Å². The van der Waals surface area contributed by atoms with Gasteiger partial charge < -0.3 is 4.90 Å². The quantitative estimate of drug-likeness (QED) is 0.466. The van der Waals surface area contributed by atoms with E-state index in [1.807, 2.05) is 60.7 Å². The van der Waals surface area contributed by atoms with Crippen LogP contribution in [0, 0.1) is 0 Å². The molecule has 1 aliphatic carbocycles. The highest BCUT2D eigenvalue weighted by Crippen LogP contribution is 2.35. The summed E-state index contributed by atoms with van der Waals surface area (Å²) < 4.78 is 30.1. The number of carbonyl (C=O) groups is 2. The lowest BCUT2D eigenvalue weighted by Gasteiger charge is -2.35. The first-order chi connectivity index (χ1) is 17.5. The second-order valence-electron chi connectivity index (χ2n) is 9.17.